The predicted molar refractivity (Wildman–Crippen MR) is 165 cm³/mol. The van der Waals surface area contributed by atoms with Crippen molar-refractivity contribution in [2.45, 2.75) is 104 Å². The molecule has 2 heterocycles. The standard InChI is InChI=1S/C34H46N4O6/c1-23-37(21-25-15-16-28-30(31(25)39)26-13-9-10-14-27(26)36(28)5)19-20-38(23)22-42-33(41)43-29(24-11-7-6-8-12-24)17-18-35-32(40)44-34(2,3)4/h9-10,13-14,19-20,24-25,29H,6-8,11-12,15-18,21-22H2,1-5H3/p+1. The number of imidazole rings is 1. The van der Waals surface area contributed by atoms with Gasteiger partial charge in [0, 0.05) is 49.1 Å². The van der Waals surface area contributed by atoms with E-state index < -0.39 is 17.8 Å². The van der Waals surface area contributed by atoms with Gasteiger partial charge in [-0.3, -0.25) is 4.79 Å². The Kier molecular flexibility index (Phi) is 9.65. The van der Waals surface area contributed by atoms with Gasteiger partial charge in [-0.25, -0.2) is 14.2 Å². The fourth-order valence-electron chi connectivity index (χ4n) is 6.75. The third kappa shape index (κ3) is 7.27. The summed E-state index contributed by atoms with van der Waals surface area (Å²) >= 11 is 0. The maximum Gasteiger partial charge on any atom is 0.511 e. The number of para-hydroxylation sites is 1. The van der Waals surface area contributed by atoms with Gasteiger partial charge >= 0.3 is 12.2 Å². The molecule has 10 heteroatoms. The number of benzene rings is 1. The topological polar surface area (TPSA) is 105 Å². The zero-order chi connectivity index (χ0) is 31.4. The van der Waals surface area contributed by atoms with Crippen LogP contribution in [-0.4, -0.2) is 45.4 Å². The summed E-state index contributed by atoms with van der Waals surface area (Å²) in [6.45, 7) is 8.34. The second-order valence-corrected chi connectivity index (χ2v) is 13.3. The zero-order valence-electron chi connectivity index (χ0n) is 26.8. The van der Waals surface area contributed by atoms with Crippen LogP contribution in [0.1, 0.15) is 87.6 Å². The maximum absolute atomic E-state index is 13.6. The molecule has 0 bridgehead atoms. The first-order chi connectivity index (χ1) is 21.0. The number of Topliss-reactive ketones (excluding diaryl/α,β-unsaturated/α-hetero) is 1. The number of carbonyl (C=O) groups excluding carboxylic acids is 3. The first-order valence-electron chi connectivity index (χ1n) is 16.0. The molecule has 1 N–H and O–H groups in total. The summed E-state index contributed by atoms with van der Waals surface area (Å²) in [6.07, 6.45) is 9.78. The zero-order valence-corrected chi connectivity index (χ0v) is 26.8. The van der Waals surface area contributed by atoms with Gasteiger partial charge in [0.2, 0.25) is 6.73 Å². The van der Waals surface area contributed by atoms with Gasteiger partial charge in [0.15, 0.2) is 5.78 Å². The number of alkyl carbamates (subject to hydrolysis) is 1. The van der Waals surface area contributed by atoms with E-state index in [0.717, 1.165) is 66.5 Å². The number of nitrogens with one attached hydrogen (secondary N) is 1. The molecule has 0 aliphatic heterocycles. The molecule has 10 nitrogen and oxygen atoms in total. The molecule has 0 radical (unpaired) electrons. The number of hydrogen-bond acceptors (Lipinski definition) is 6. The lowest BCUT2D eigenvalue weighted by molar-refractivity contribution is -0.732. The number of carbonyl (C=O) groups is 3. The maximum atomic E-state index is 13.6. The molecule has 238 valence electrons. The summed E-state index contributed by atoms with van der Waals surface area (Å²) in [5, 5.41) is 3.80. The molecule has 1 aromatic carbocycles. The second kappa shape index (κ2) is 13.4. The molecule has 0 saturated heterocycles. The largest absolute Gasteiger partial charge is 0.511 e. The van der Waals surface area contributed by atoms with Crippen LogP contribution >= 0.6 is 0 Å². The van der Waals surface area contributed by atoms with Crippen LogP contribution in [0.5, 0.6) is 0 Å². The third-order valence-corrected chi connectivity index (χ3v) is 9.09. The highest BCUT2D eigenvalue weighted by Gasteiger charge is 2.34. The predicted octanol–water partition coefficient (Wildman–Crippen LogP) is 6.00. The molecule has 2 aliphatic carbocycles. The third-order valence-electron chi connectivity index (χ3n) is 9.09. The van der Waals surface area contributed by atoms with Crippen LogP contribution in [0.15, 0.2) is 36.7 Å². The van der Waals surface area contributed by atoms with Crippen molar-refractivity contribution in [2.75, 3.05) is 6.54 Å². The Labute approximate surface area is 259 Å². The van der Waals surface area contributed by atoms with E-state index >= 15 is 0 Å². The number of hydrogen-bond donors (Lipinski definition) is 1. The normalized spacial score (nSPS) is 18.1. The lowest BCUT2D eigenvalue weighted by atomic mass is 9.84. The Morgan fingerprint density at radius 1 is 1.11 bits per heavy atom. The number of ether oxygens (including phenoxy) is 3. The van der Waals surface area contributed by atoms with E-state index in [1.165, 1.54) is 6.42 Å². The number of aryl methyl sites for hydroxylation is 1. The SMILES string of the molecule is Cc1n(CC2CCc3c(c4ccccc4n3C)C2=O)cc[n+]1COC(=O)OC(CCNC(=O)OC(C)(C)C)C1CCCCC1. The van der Waals surface area contributed by atoms with Crippen LogP contribution in [0.4, 0.5) is 9.59 Å². The van der Waals surface area contributed by atoms with E-state index in [1.807, 2.05) is 69.9 Å². The van der Waals surface area contributed by atoms with E-state index in [4.69, 9.17) is 14.2 Å². The van der Waals surface area contributed by atoms with E-state index in [-0.39, 0.29) is 30.5 Å². The fraction of sp³-hybridized carbons (Fsp3) is 0.588. The Bertz CT molecular complexity index is 1490. The van der Waals surface area contributed by atoms with Crippen molar-refractivity contribution in [3.05, 3.63) is 53.7 Å². The van der Waals surface area contributed by atoms with Gasteiger partial charge in [-0.2, -0.15) is 4.57 Å². The molecular weight excluding hydrogens is 560 g/mol. The molecule has 1 fully saturated rings. The van der Waals surface area contributed by atoms with Crippen molar-refractivity contribution in [1.82, 2.24) is 14.5 Å². The smallest absolute Gasteiger partial charge is 0.444 e. The minimum Gasteiger partial charge on any atom is -0.444 e. The average Bonchev–Trinajstić information content (AvgIpc) is 3.48. The number of fused-ring (bicyclic) bond motifs is 3. The van der Waals surface area contributed by atoms with Gasteiger partial charge in [-0.1, -0.05) is 37.5 Å². The Morgan fingerprint density at radius 2 is 1.86 bits per heavy atom. The average molecular weight is 608 g/mol. The Hall–Kier alpha value is -3.82. The summed E-state index contributed by atoms with van der Waals surface area (Å²) in [4.78, 5) is 38.6. The number of ketones is 1. The first-order valence-corrected chi connectivity index (χ1v) is 16.0. The summed E-state index contributed by atoms with van der Waals surface area (Å²) in [5.74, 6) is 1.20. The van der Waals surface area contributed by atoms with E-state index in [9.17, 15) is 14.4 Å². The van der Waals surface area contributed by atoms with Crippen molar-refractivity contribution in [3.8, 4) is 0 Å². The summed E-state index contributed by atoms with van der Waals surface area (Å²) < 4.78 is 22.8. The molecule has 2 aromatic heterocycles. The van der Waals surface area contributed by atoms with Crippen LogP contribution in [0, 0.1) is 18.8 Å². The molecule has 44 heavy (non-hydrogen) atoms. The highest BCUT2D eigenvalue weighted by molar-refractivity contribution is 6.11. The minimum atomic E-state index is -0.719. The minimum absolute atomic E-state index is 0.0112. The second-order valence-electron chi connectivity index (χ2n) is 13.3. The van der Waals surface area contributed by atoms with Crippen LogP contribution in [0.3, 0.4) is 0 Å². The molecule has 2 unspecified atom stereocenters. The van der Waals surface area contributed by atoms with Gasteiger partial charge in [0.25, 0.3) is 5.82 Å². The lowest BCUT2D eigenvalue weighted by Crippen LogP contribution is -2.40. The van der Waals surface area contributed by atoms with Gasteiger partial charge in [0.05, 0.1) is 5.92 Å². The van der Waals surface area contributed by atoms with Crippen LogP contribution in [0.25, 0.3) is 10.9 Å². The first kappa shape index (κ1) is 31.6. The highest BCUT2D eigenvalue weighted by atomic mass is 16.7. The van der Waals surface area contributed by atoms with Gasteiger partial charge < -0.3 is 24.1 Å². The molecule has 2 aliphatic rings. The molecule has 3 aromatic rings. The number of amides is 1. The Morgan fingerprint density at radius 3 is 2.61 bits per heavy atom. The molecule has 1 amide bonds. The molecule has 1 saturated carbocycles. The molecule has 0 spiro atoms. The quantitative estimate of drug-likeness (QED) is 0.237. The van der Waals surface area contributed by atoms with Crippen molar-refractivity contribution in [3.63, 3.8) is 0 Å². The van der Waals surface area contributed by atoms with E-state index in [2.05, 4.69) is 20.5 Å². The fourth-order valence-corrected chi connectivity index (χ4v) is 6.75. The summed E-state index contributed by atoms with van der Waals surface area (Å²) in [5.41, 5.74) is 2.49. The number of aromatic nitrogens is 3. The van der Waals surface area contributed by atoms with Crippen molar-refractivity contribution in [1.29, 1.82) is 0 Å². The lowest BCUT2D eigenvalue weighted by Gasteiger charge is -2.29. The Balaban J connectivity index is 1.16. The van der Waals surface area contributed by atoms with E-state index in [1.54, 1.807) is 0 Å². The monoisotopic (exact) mass is 607 g/mol. The van der Waals surface area contributed by atoms with E-state index in [0.29, 0.717) is 19.5 Å². The van der Waals surface area contributed by atoms with Gasteiger partial charge in [-0.05, 0) is 58.4 Å². The van der Waals surface area contributed by atoms with Gasteiger partial charge in [0.1, 0.15) is 30.6 Å². The van der Waals surface area contributed by atoms with Crippen LogP contribution in [-0.2, 0) is 41.0 Å². The van der Waals surface area contributed by atoms with Crippen LogP contribution < -0.4 is 9.88 Å². The summed E-state index contributed by atoms with van der Waals surface area (Å²) in [6, 6.07) is 8.10. The highest BCUT2D eigenvalue weighted by Crippen LogP contribution is 2.34. The van der Waals surface area contributed by atoms with Gasteiger partial charge in [-0.15, -0.1) is 0 Å². The molecular formula is C34H47N4O6+. The molecule has 2 atom stereocenters. The van der Waals surface area contributed by atoms with Crippen molar-refractivity contribution in [2.24, 2.45) is 18.9 Å². The number of rotatable bonds is 9. The number of nitrogens with zero attached hydrogens (tertiary/aromatic N) is 3. The summed E-state index contributed by atoms with van der Waals surface area (Å²) in [7, 11) is 2.04. The molecule has 5 rings (SSSR count). The van der Waals surface area contributed by atoms with Crippen molar-refractivity contribution < 1.29 is 33.2 Å². The van der Waals surface area contributed by atoms with Crippen LogP contribution in [0.2, 0.25) is 0 Å². The van der Waals surface area contributed by atoms with Crippen molar-refractivity contribution >= 4 is 28.9 Å².